The summed E-state index contributed by atoms with van der Waals surface area (Å²) in [5, 5.41) is 24.4. The van der Waals surface area contributed by atoms with E-state index in [9.17, 15) is 37.9 Å². The largest absolute Gasteiger partial charge is 0.481 e. The van der Waals surface area contributed by atoms with Gasteiger partial charge in [-0.3, -0.25) is 24.2 Å². The highest BCUT2D eigenvalue weighted by Gasteiger charge is 2.34. The van der Waals surface area contributed by atoms with Gasteiger partial charge in [0.25, 0.3) is 5.91 Å². The maximum Gasteiger partial charge on any atom is 0.326 e. The number of hydrogen-bond acceptors (Lipinski definition) is 7. The highest BCUT2D eigenvalue weighted by Crippen LogP contribution is 2.08. The lowest BCUT2D eigenvalue weighted by Gasteiger charge is -2.22. The average Bonchev–Trinajstić information content (AvgIpc) is 2.88. The molecule has 216 valence electrons. The highest BCUT2D eigenvalue weighted by atomic mass is 19.2. The normalized spacial score (nSPS) is 14.5. The Hall–Kier alpha value is -4.34. The van der Waals surface area contributed by atoms with Crippen LogP contribution in [0, 0.1) is 0 Å². The minimum Gasteiger partial charge on any atom is -0.481 e. The molecule has 16 heteroatoms. The van der Waals surface area contributed by atoms with Crippen LogP contribution in [-0.2, 0) is 30.4 Å². The number of amides is 3. The quantitative estimate of drug-likeness (QED) is 0.0590. The number of nitrogens with zero attached hydrogens (tertiary/aromatic N) is 1. The summed E-state index contributed by atoms with van der Waals surface area (Å²) >= 11 is 0. The fourth-order valence-corrected chi connectivity index (χ4v) is 3.20. The van der Waals surface area contributed by atoms with Gasteiger partial charge in [0.1, 0.15) is 12.1 Å². The van der Waals surface area contributed by atoms with E-state index < -0.39 is 73.1 Å². The summed E-state index contributed by atoms with van der Waals surface area (Å²) in [6.45, 7) is -0.741. The minimum absolute atomic E-state index is 0.132. The molecular weight excluding hydrogens is 524 g/mol. The Morgan fingerprint density at radius 1 is 0.923 bits per heavy atom. The van der Waals surface area contributed by atoms with Gasteiger partial charge in [0, 0.05) is 13.0 Å². The number of carbonyl (C=O) groups excluding carboxylic acids is 3. The molecule has 0 saturated carbocycles. The van der Waals surface area contributed by atoms with Crippen molar-refractivity contribution in [3.05, 3.63) is 35.9 Å². The molecule has 0 unspecified atom stereocenters. The Balaban J connectivity index is 2.71. The number of carbonyl (C=O) groups is 5. The molecule has 0 spiro atoms. The maximum atomic E-state index is 14.4. The van der Waals surface area contributed by atoms with Gasteiger partial charge in [-0.05, 0) is 18.4 Å². The Labute approximate surface area is 222 Å². The van der Waals surface area contributed by atoms with E-state index in [1.807, 2.05) is 0 Å². The van der Waals surface area contributed by atoms with Gasteiger partial charge in [0.2, 0.25) is 18.0 Å². The first-order chi connectivity index (χ1) is 18.3. The summed E-state index contributed by atoms with van der Waals surface area (Å²) in [5.41, 5.74) is 16.5. The number of hydrogen-bond donors (Lipinski definition) is 8. The molecular formula is C23H33F2N7O7. The first kappa shape index (κ1) is 32.7. The van der Waals surface area contributed by atoms with Crippen molar-refractivity contribution in [3.63, 3.8) is 0 Å². The lowest BCUT2D eigenvalue weighted by Crippen LogP contribution is -2.55. The van der Waals surface area contributed by atoms with Gasteiger partial charge in [-0.1, -0.05) is 30.3 Å². The second-order valence-corrected chi connectivity index (χ2v) is 8.47. The number of carboxylic acids is 2. The zero-order valence-corrected chi connectivity index (χ0v) is 20.9. The molecule has 14 nitrogen and oxygen atoms in total. The van der Waals surface area contributed by atoms with E-state index in [0.29, 0.717) is 12.0 Å². The molecule has 0 aliphatic rings. The number of nitrogens with one attached hydrogen (secondary N) is 3. The first-order valence-electron chi connectivity index (χ1n) is 11.8. The fourth-order valence-electron chi connectivity index (χ4n) is 3.20. The third kappa shape index (κ3) is 12.6. The van der Waals surface area contributed by atoms with Crippen molar-refractivity contribution in [2.45, 2.75) is 56.2 Å². The van der Waals surface area contributed by atoms with E-state index in [1.165, 1.54) is 0 Å². The maximum absolute atomic E-state index is 14.4. The molecule has 0 aliphatic carbocycles. The molecule has 5 atom stereocenters. The molecule has 11 N–H and O–H groups in total. The van der Waals surface area contributed by atoms with Crippen LogP contribution in [0.25, 0.3) is 0 Å². The lowest BCUT2D eigenvalue weighted by molar-refractivity contribution is -0.143. The van der Waals surface area contributed by atoms with Crippen molar-refractivity contribution in [1.29, 1.82) is 0 Å². The van der Waals surface area contributed by atoms with Crippen LogP contribution in [0.3, 0.4) is 0 Å². The number of alkyl halides is 2. The molecule has 1 aromatic carbocycles. The number of aliphatic carboxylic acids is 2. The predicted molar refractivity (Wildman–Crippen MR) is 135 cm³/mol. The number of guanidine groups is 1. The Morgan fingerprint density at radius 3 is 2.10 bits per heavy atom. The van der Waals surface area contributed by atoms with Crippen molar-refractivity contribution in [1.82, 2.24) is 16.0 Å². The van der Waals surface area contributed by atoms with Gasteiger partial charge in [-0.2, -0.15) is 0 Å². The van der Waals surface area contributed by atoms with Crippen molar-refractivity contribution >= 4 is 35.6 Å². The summed E-state index contributed by atoms with van der Waals surface area (Å²) in [5.74, 6) is -6.87. The zero-order valence-electron chi connectivity index (χ0n) is 20.9. The second kappa shape index (κ2) is 16.5. The summed E-state index contributed by atoms with van der Waals surface area (Å²) in [6.07, 6.45) is -6.20. The van der Waals surface area contributed by atoms with E-state index in [1.54, 1.807) is 35.6 Å². The summed E-state index contributed by atoms with van der Waals surface area (Å²) in [6, 6.07) is 3.69. The van der Waals surface area contributed by atoms with Gasteiger partial charge in [0.05, 0.1) is 19.0 Å². The number of rotatable bonds is 17. The van der Waals surface area contributed by atoms with Crippen molar-refractivity contribution in [2.24, 2.45) is 22.2 Å². The van der Waals surface area contributed by atoms with Crippen LogP contribution < -0.4 is 33.2 Å². The first-order valence-corrected chi connectivity index (χ1v) is 11.8. The molecule has 0 fully saturated rings. The van der Waals surface area contributed by atoms with Crippen LogP contribution in [0.5, 0.6) is 0 Å². The molecule has 0 aliphatic heterocycles. The van der Waals surface area contributed by atoms with Crippen LogP contribution in [0.2, 0.25) is 0 Å². The van der Waals surface area contributed by atoms with E-state index in [4.69, 9.17) is 22.3 Å². The van der Waals surface area contributed by atoms with E-state index in [-0.39, 0.29) is 25.3 Å². The Morgan fingerprint density at radius 2 is 1.54 bits per heavy atom. The van der Waals surface area contributed by atoms with Crippen LogP contribution >= 0.6 is 0 Å². The third-order valence-electron chi connectivity index (χ3n) is 5.25. The monoisotopic (exact) mass is 557 g/mol. The number of nitrogens with two attached hydrogens (primary N) is 3. The summed E-state index contributed by atoms with van der Waals surface area (Å²) in [7, 11) is 0. The van der Waals surface area contributed by atoms with Gasteiger partial charge < -0.3 is 43.4 Å². The summed E-state index contributed by atoms with van der Waals surface area (Å²) in [4.78, 5) is 63.3. The van der Waals surface area contributed by atoms with Crippen molar-refractivity contribution in [3.8, 4) is 0 Å². The third-order valence-corrected chi connectivity index (χ3v) is 5.25. The Kier molecular flexibility index (Phi) is 13.8. The van der Waals surface area contributed by atoms with Gasteiger partial charge in [-0.25, -0.2) is 13.6 Å². The minimum atomic E-state index is -2.90. The van der Waals surface area contributed by atoms with Crippen molar-refractivity contribution < 1.29 is 43.0 Å². The molecule has 0 aromatic heterocycles. The molecule has 3 amide bonds. The number of benzene rings is 1. The molecule has 1 aromatic rings. The molecule has 0 bridgehead atoms. The number of halogens is 2. The standard InChI is InChI=1S/C23H33F2N7O7/c24-13(11-30-19(35)14(26)7-4-8-29-23(27)28)18(25)21(37)31-15(10-17(33)34)20(36)32-16(22(38)39)9-12-5-2-1-3-6-12/h1-3,5-6,13-16,18H,4,7-11,26H2,(H,30,35)(H,31,37)(H,32,36)(H,33,34)(H,38,39)(H4,27,28,29)/t13-,14-,15-,16-,18-/m0/s1. The predicted octanol–water partition coefficient (Wildman–Crippen LogP) is -2.07. The Bertz CT molecular complexity index is 1030. The molecule has 0 saturated heterocycles. The smallest absolute Gasteiger partial charge is 0.326 e. The van der Waals surface area contributed by atoms with Gasteiger partial charge in [0.15, 0.2) is 12.1 Å². The molecule has 0 radical (unpaired) electrons. The number of carboxylic acid groups (broad SMARTS) is 2. The molecule has 1 rings (SSSR count). The molecule has 39 heavy (non-hydrogen) atoms. The van der Waals surface area contributed by atoms with Crippen molar-refractivity contribution in [2.75, 3.05) is 13.1 Å². The van der Waals surface area contributed by atoms with Crippen LogP contribution in [0.15, 0.2) is 35.3 Å². The topological polar surface area (TPSA) is 252 Å². The highest BCUT2D eigenvalue weighted by molar-refractivity contribution is 5.94. The van der Waals surface area contributed by atoms with E-state index >= 15 is 0 Å². The van der Waals surface area contributed by atoms with Crippen LogP contribution in [0.1, 0.15) is 24.8 Å². The number of aliphatic imine (C=N–C) groups is 1. The molecule has 0 heterocycles. The van der Waals surface area contributed by atoms with Crippen LogP contribution in [-0.4, -0.2) is 89.4 Å². The second-order valence-electron chi connectivity index (χ2n) is 8.47. The van der Waals surface area contributed by atoms with E-state index in [2.05, 4.69) is 15.6 Å². The van der Waals surface area contributed by atoms with E-state index in [0.717, 1.165) is 0 Å². The van der Waals surface area contributed by atoms with Gasteiger partial charge in [-0.15, -0.1) is 0 Å². The summed E-state index contributed by atoms with van der Waals surface area (Å²) < 4.78 is 28.7. The fraction of sp³-hybridized carbons (Fsp3) is 0.478. The van der Waals surface area contributed by atoms with Crippen LogP contribution in [0.4, 0.5) is 8.78 Å². The lowest BCUT2D eigenvalue weighted by atomic mass is 10.0. The zero-order chi connectivity index (χ0) is 29.5. The SMILES string of the molecule is NC(N)=NCCC[C@H](N)C(=O)NC[C@H](F)[C@H](F)C(=O)N[C@@H](CC(=O)O)C(=O)N[C@@H](Cc1ccccc1)C(=O)O. The van der Waals surface area contributed by atoms with Gasteiger partial charge >= 0.3 is 11.9 Å². The average molecular weight is 558 g/mol.